The van der Waals surface area contributed by atoms with Crippen LogP contribution in [0.3, 0.4) is 0 Å². The van der Waals surface area contributed by atoms with Crippen LogP contribution in [0.2, 0.25) is 0 Å². The molecule has 0 spiro atoms. The van der Waals surface area contributed by atoms with E-state index in [0.29, 0.717) is 18.3 Å². The lowest BCUT2D eigenvalue weighted by molar-refractivity contribution is -0.127. The van der Waals surface area contributed by atoms with Crippen LogP contribution in [0.1, 0.15) is 33.3 Å². The van der Waals surface area contributed by atoms with Crippen LogP contribution in [0.15, 0.2) is 21.1 Å². The molecule has 0 bridgehead atoms. The maximum absolute atomic E-state index is 11.7. The van der Waals surface area contributed by atoms with Crippen LogP contribution < -0.4 is 15.4 Å². The van der Waals surface area contributed by atoms with Crippen LogP contribution in [-0.2, 0) is 11.3 Å². The first-order chi connectivity index (χ1) is 9.85. The molecule has 0 heterocycles. The fourth-order valence-electron chi connectivity index (χ4n) is 1.70. The molecule has 0 aliphatic carbocycles. The van der Waals surface area contributed by atoms with E-state index < -0.39 is 6.10 Å². The van der Waals surface area contributed by atoms with E-state index in [1.807, 2.05) is 19.1 Å². The molecule has 0 aliphatic rings. The van der Waals surface area contributed by atoms with Crippen molar-refractivity contribution in [2.45, 2.75) is 46.4 Å². The van der Waals surface area contributed by atoms with Gasteiger partial charge in [-0.25, -0.2) is 0 Å². The molecule has 21 heavy (non-hydrogen) atoms. The Hall–Kier alpha value is -0.590. The van der Waals surface area contributed by atoms with Crippen molar-refractivity contribution in [2.24, 2.45) is 0 Å². The van der Waals surface area contributed by atoms with Crippen LogP contribution in [0, 0.1) is 0 Å². The zero-order valence-electron chi connectivity index (χ0n) is 12.8. The molecule has 2 N–H and O–H groups in total. The predicted octanol–water partition coefficient (Wildman–Crippen LogP) is 3.61. The van der Waals surface area contributed by atoms with E-state index >= 15 is 0 Å². The van der Waals surface area contributed by atoms with Crippen molar-refractivity contribution in [1.29, 1.82) is 0 Å². The first-order valence-corrected chi connectivity index (χ1v) is 8.59. The van der Waals surface area contributed by atoms with E-state index in [1.54, 1.807) is 6.92 Å². The van der Waals surface area contributed by atoms with Gasteiger partial charge in [-0.3, -0.25) is 4.79 Å². The fraction of sp³-hybridized carbons (Fsp3) is 0.533. The number of rotatable bonds is 7. The lowest BCUT2D eigenvalue weighted by Gasteiger charge is -2.18. The average molecular weight is 422 g/mol. The fourth-order valence-corrected chi connectivity index (χ4v) is 3.17. The number of ether oxygens (including phenoxy) is 1. The maximum atomic E-state index is 11.7. The number of benzene rings is 1. The molecule has 118 valence electrons. The number of likely N-dealkylation sites (N-methyl/N-ethyl adjacent to an activating group) is 1. The number of carbonyl (C=O) groups is 1. The third-order valence-corrected chi connectivity index (χ3v) is 3.97. The summed E-state index contributed by atoms with van der Waals surface area (Å²) in [5.41, 5.74) is 1.14. The Balaban J connectivity index is 2.82. The molecule has 0 aliphatic heterocycles. The van der Waals surface area contributed by atoms with E-state index in [2.05, 4.69) is 56.3 Å². The summed E-state index contributed by atoms with van der Waals surface area (Å²) in [6, 6.07) is 4.43. The van der Waals surface area contributed by atoms with Gasteiger partial charge in [-0.2, -0.15) is 0 Å². The highest BCUT2D eigenvalue weighted by molar-refractivity contribution is 9.11. The van der Waals surface area contributed by atoms with E-state index in [-0.39, 0.29) is 5.91 Å². The normalized spacial score (nSPS) is 12.3. The molecule has 1 aromatic rings. The number of carbonyl (C=O) groups excluding carboxylic acids is 1. The molecule has 0 radical (unpaired) electrons. The Morgan fingerprint density at radius 3 is 2.29 bits per heavy atom. The van der Waals surface area contributed by atoms with Gasteiger partial charge in [0, 0.05) is 19.1 Å². The van der Waals surface area contributed by atoms with Crippen LogP contribution in [0.5, 0.6) is 5.75 Å². The quantitative estimate of drug-likeness (QED) is 0.706. The standard InChI is InChI=1S/C15H22Br2N2O2/c1-5-18-15(20)10(4)21-14-12(16)6-11(7-13(14)17)8-19-9(2)3/h6-7,9-10,19H,5,8H2,1-4H3,(H,18,20). The molecule has 0 saturated carbocycles. The number of hydrogen-bond donors (Lipinski definition) is 2. The van der Waals surface area contributed by atoms with Crippen LogP contribution >= 0.6 is 31.9 Å². The van der Waals surface area contributed by atoms with Gasteiger partial charge in [-0.15, -0.1) is 0 Å². The summed E-state index contributed by atoms with van der Waals surface area (Å²) in [5, 5.41) is 6.11. The van der Waals surface area contributed by atoms with E-state index in [9.17, 15) is 4.79 Å². The molecule has 0 fully saturated rings. The zero-order chi connectivity index (χ0) is 16.0. The van der Waals surface area contributed by atoms with Crippen LogP contribution in [-0.4, -0.2) is 24.6 Å². The predicted molar refractivity (Wildman–Crippen MR) is 92.6 cm³/mol. The summed E-state index contributed by atoms with van der Waals surface area (Å²) < 4.78 is 7.40. The molecule has 4 nitrogen and oxygen atoms in total. The van der Waals surface area contributed by atoms with Crippen molar-refractivity contribution in [3.05, 3.63) is 26.6 Å². The summed E-state index contributed by atoms with van der Waals surface area (Å²) >= 11 is 7.01. The molecule has 0 aromatic heterocycles. The Kier molecular flexibility index (Phi) is 7.70. The largest absolute Gasteiger partial charge is 0.479 e. The molecular weight excluding hydrogens is 400 g/mol. The second-order valence-electron chi connectivity index (χ2n) is 5.08. The van der Waals surface area contributed by atoms with Gasteiger partial charge in [-0.05, 0) is 63.4 Å². The topological polar surface area (TPSA) is 50.4 Å². The molecule has 6 heteroatoms. The minimum atomic E-state index is -0.544. The van der Waals surface area contributed by atoms with Gasteiger partial charge in [0.15, 0.2) is 6.10 Å². The van der Waals surface area contributed by atoms with Gasteiger partial charge in [-0.1, -0.05) is 13.8 Å². The molecule has 1 aromatic carbocycles. The Morgan fingerprint density at radius 1 is 1.24 bits per heavy atom. The molecule has 1 amide bonds. The van der Waals surface area contributed by atoms with Gasteiger partial charge >= 0.3 is 0 Å². The van der Waals surface area contributed by atoms with Gasteiger partial charge in [0.1, 0.15) is 5.75 Å². The van der Waals surface area contributed by atoms with Crippen LogP contribution in [0.25, 0.3) is 0 Å². The monoisotopic (exact) mass is 420 g/mol. The summed E-state index contributed by atoms with van der Waals surface area (Å²) in [7, 11) is 0. The zero-order valence-corrected chi connectivity index (χ0v) is 16.0. The number of nitrogens with one attached hydrogen (secondary N) is 2. The van der Waals surface area contributed by atoms with Crippen LogP contribution in [0.4, 0.5) is 0 Å². The number of halogens is 2. The number of amides is 1. The molecule has 1 unspecified atom stereocenters. The van der Waals surface area contributed by atoms with Crippen molar-refractivity contribution >= 4 is 37.8 Å². The lowest BCUT2D eigenvalue weighted by Crippen LogP contribution is -2.36. The summed E-state index contributed by atoms with van der Waals surface area (Å²) in [6.07, 6.45) is -0.544. The highest BCUT2D eigenvalue weighted by Gasteiger charge is 2.17. The van der Waals surface area contributed by atoms with E-state index in [4.69, 9.17) is 4.74 Å². The highest BCUT2D eigenvalue weighted by Crippen LogP contribution is 2.35. The lowest BCUT2D eigenvalue weighted by atomic mass is 10.2. The minimum absolute atomic E-state index is 0.123. The molecule has 0 saturated heterocycles. The Bertz CT molecular complexity index is 470. The first-order valence-electron chi connectivity index (χ1n) is 7.00. The van der Waals surface area contributed by atoms with Gasteiger partial charge in [0.25, 0.3) is 5.91 Å². The van der Waals surface area contributed by atoms with E-state index in [1.165, 1.54) is 0 Å². The average Bonchev–Trinajstić information content (AvgIpc) is 2.40. The SMILES string of the molecule is CCNC(=O)C(C)Oc1c(Br)cc(CNC(C)C)cc1Br. The summed E-state index contributed by atoms with van der Waals surface area (Å²) in [4.78, 5) is 11.7. The number of hydrogen-bond acceptors (Lipinski definition) is 3. The summed E-state index contributed by atoms with van der Waals surface area (Å²) in [5.74, 6) is 0.518. The Morgan fingerprint density at radius 2 is 1.81 bits per heavy atom. The molecule has 1 rings (SSSR count). The Labute approximate surface area is 143 Å². The van der Waals surface area contributed by atoms with Crippen molar-refractivity contribution in [2.75, 3.05) is 6.54 Å². The van der Waals surface area contributed by atoms with E-state index in [0.717, 1.165) is 21.1 Å². The molecular formula is C15H22Br2N2O2. The second kappa shape index (κ2) is 8.76. The van der Waals surface area contributed by atoms with Gasteiger partial charge < -0.3 is 15.4 Å². The third-order valence-electron chi connectivity index (χ3n) is 2.79. The van der Waals surface area contributed by atoms with Gasteiger partial charge in [0.05, 0.1) is 8.95 Å². The third kappa shape index (κ3) is 5.96. The molecule has 1 atom stereocenters. The first kappa shape index (κ1) is 18.5. The highest BCUT2D eigenvalue weighted by atomic mass is 79.9. The van der Waals surface area contributed by atoms with Gasteiger partial charge in [0.2, 0.25) is 0 Å². The van der Waals surface area contributed by atoms with Crippen molar-refractivity contribution < 1.29 is 9.53 Å². The smallest absolute Gasteiger partial charge is 0.260 e. The minimum Gasteiger partial charge on any atom is -0.479 e. The maximum Gasteiger partial charge on any atom is 0.260 e. The van der Waals surface area contributed by atoms with Crippen molar-refractivity contribution in [3.8, 4) is 5.75 Å². The van der Waals surface area contributed by atoms with Crippen molar-refractivity contribution in [1.82, 2.24) is 10.6 Å². The summed E-state index contributed by atoms with van der Waals surface area (Å²) in [6.45, 7) is 9.20. The second-order valence-corrected chi connectivity index (χ2v) is 6.79. The van der Waals surface area contributed by atoms with Crippen molar-refractivity contribution in [3.63, 3.8) is 0 Å².